The monoisotopic (exact) mass is 608 g/mol. The molecule has 4 heterocycles. The summed E-state index contributed by atoms with van der Waals surface area (Å²) in [5.74, 6) is 0. The fraction of sp³-hybridized carbons (Fsp3) is 0.0357. The van der Waals surface area contributed by atoms with E-state index in [1.165, 1.54) is 0 Å². The second-order valence-corrected chi connectivity index (χ2v) is 6.99. The molecule has 1 radical (unpaired) electrons. The van der Waals surface area contributed by atoms with E-state index in [4.69, 9.17) is 7.16 Å². The van der Waals surface area contributed by atoms with Crippen molar-refractivity contribution in [2.24, 2.45) is 0 Å². The minimum absolute atomic E-state index is 0. The van der Waals surface area contributed by atoms with Gasteiger partial charge >= 0.3 is 0 Å². The molecule has 0 bridgehead atoms. The molecule has 0 unspecified atom stereocenters. The summed E-state index contributed by atoms with van der Waals surface area (Å²) in [7, 11) is 0. The van der Waals surface area contributed by atoms with Gasteiger partial charge < -0.3 is 14.4 Å². The Balaban J connectivity index is 0.000000189. The van der Waals surface area contributed by atoms with E-state index in [9.17, 15) is 0 Å². The Morgan fingerprint density at radius 1 is 0.758 bits per heavy atom. The Hall–Kier alpha value is -3.66. The van der Waals surface area contributed by atoms with Crippen LogP contribution in [0.5, 0.6) is 0 Å². The summed E-state index contributed by atoms with van der Waals surface area (Å²) in [5.41, 5.74) is 5.06. The van der Waals surface area contributed by atoms with Gasteiger partial charge in [0, 0.05) is 46.3 Å². The summed E-state index contributed by atoms with van der Waals surface area (Å²) >= 11 is 0. The van der Waals surface area contributed by atoms with Crippen molar-refractivity contribution in [1.82, 2.24) is 15.0 Å². The minimum Gasteiger partial charge on any atom is -0.486 e. The molecule has 2 aromatic carbocycles. The number of nitrogens with zero attached hydrogens (tertiary/aromatic N) is 3. The van der Waals surface area contributed by atoms with E-state index >= 15 is 0 Å². The van der Waals surface area contributed by atoms with Crippen LogP contribution in [0.4, 0.5) is 0 Å². The van der Waals surface area contributed by atoms with E-state index in [0.717, 1.165) is 33.3 Å². The maximum Gasteiger partial charge on any atom is 0.216 e. The Kier molecular flexibility index (Phi) is 6.24. The molecule has 0 aliphatic rings. The van der Waals surface area contributed by atoms with Gasteiger partial charge in [-0.15, -0.1) is 54.1 Å². The first-order valence-electron chi connectivity index (χ1n) is 11.2. The van der Waals surface area contributed by atoms with Crippen molar-refractivity contribution in [3.8, 4) is 22.5 Å². The van der Waals surface area contributed by atoms with Crippen LogP contribution in [0.25, 0.3) is 44.6 Å². The molecule has 0 spiro atoms. The van der Waals surface area contributed by atoms with Gasteiger partial charge in [0.1, 0.15) is 0 Å². The van der Waals surface area contributed by atoms with Crippen molar-refractivity contribution in [1.29, 1.82) is 0 Å². The SMILES string of the molecule is [2H]C([2H])c1ccc2c(n1)oc1c(-c3ccccn3)[c-]ccc12.[Ir].[c-]1ccccc1-c1ccccn1. The molecule has 163 valence electrons. The summed E-state index contributed by atoms with van der Waals surface area (Å²) in [5, 5.41) is 1.80. The number of aryl methyl sites for hydroxylation is 1. The minimum atomic E-state index is -1.13. The molecule has 6 aromatic rings. The third-order valence-corrected chi connectivity index (χ3v) is 4.89. The van der Waals surface area contributed by atoms with E-state index in [-0.39, 0.29) is 20.1 Å². The number of pyridine rings is 3. The van der Waals surface area contributed by atoms with Crippen molar-refractivity contribution in [2.75, 3.05) is 0 Å². The molecule has 5 heteroatoms. The molecule has 4 aromatic heterocycles. The zero-order valence-corrected chi connectivity index (χ0v) is 19.8. The zero-order chi connectivity index (χ0) is 23.3. The van der Waals surface area contributed by atoms with Gasteiger partial charge in [-0.05, 0) is 42.5 Å². The van der Waals surface area contributed by atoms with Crippen LogP contribution in [0, 0.1) is 19.0 Å². The zero-order valence-electron chi connectivity index (χ0n) is 19.4. The number of fused-ring (bicyclic) bond motifs is 3. The predicted octanol–water partition coefficient (Wildman–Crippen LogP) is 6.70. The van der Waals surface area contributed by atoms with Crippen LogP contribution in [-0.2, 0) is 20.1 Å². The molecular weight excluding hydrogens is 587 g/mol. The fourth-order valence-electron chi connectivity index (χ4n) is 3.41. The first kappa shape index (κ1) is 20.0. The van der Waals surface area contributed by atoms with E-state index in [1.807, 2.05) is 78.9 Å². The second kappa shape index (κ2) is 10.3. The van der Waals surface area contributed by atoms with Crippen molar-refractivity contribution in [3.63, 3.8) is 0 Å². The Morgan fingerprint density at radius 2 is 1.55 bits per heavy atom. The van der Waals surface area contributed by atoms with Gasteiger partial charge in [-0.3, -0.25) is 0 Å². The number of hydrogen-bond donors (Lipinski definition) is 0. The topological polar surface area (TPSA) is 51.8 Å². The Morgan fingerprint density at radius 3 is 2.24 bits per heavy atom. The molecular formula is C28H19IrN3O-2. The average Bonchev–Trinajstić information content (AvgIpc) is 3.29. The van der Waals surface area contributed by atoms with Crippen molar-refractivity contribution in [3.05, 3.63) is 115 Å². The Bertz CT molecular complexity index is 1490. The molecule has 0 saturated heterocycles. The van der Waals surface area contributed by atoms with Crippen LogP contribution >= 0.6 is 0 Å². The molecule has 0 N–H and O–H groups in total. The molecule has 0 atom stereocenters. The molecule has 0 aliphatic heterocycles. The molecule has 0 aliphatic carbocycles. The molecule has 0 saturated carbocycles. The summed E-state index contributed by atoms with van der Waals surface area (Å²) in [6, 6.07) is 33.0. The van der Waals surface area contributed by atoms with E-state index in [0.29, 0.717) is 17.0 Å². The first-order valence-corrected chi connectivity index (χ1v) is 10.1. The van der Waals surface area contributed by atoms with Crippen LogP contribution in [0.2, 0.25) is 0 Å². The smallest absolute Gasteiger partial charge is 0.216 e. The Labute approximate surface area is 208 Å². The van der Waals surface area contributed by atoms with Crippen LogP contribution < -0.4 is 0 Å². The van der Waals surface area contributed by atoms with E-state index in [2.05, 4.69) is 27.1 Å². The first-order chi connectivity index (χ1) is 16.7. The molecule has 0 amide bonds. The molecule has 4 nitrogen and oxygen atoms in total. The van der Waals surface area contributed by atoms with E-state index < -0.39 is 6.88 Å². The largest absolute Gasteiger partial charge is 0.486 e. The van der Waals surface area contributed by atoms with Gasteiger partial charge in [0.05, 0.1) is 5.58 Å². The maximum absolute atomic E-state index is 7.45. The summed E-state index contributed by atoms with van der Waals surface area (Å²) in [6.07, 6.45) is 3.52. The summed E-state index contributed by atoms with van der Waals surface area (Å²) in [4.78, 5) is 12.8. The number of hydrogen-bond acceptors (Lipinski definition) is 4. The number of benzene rings is 2. The van der Waals surface area contributed by atoms with Crippen molar-refractivity contribution >= 4 is 22.1 Å². The number of aromatic nitrogens is 3. The quantitative estimate of drug-likeness (QED) is 0.206. The molecule has 0 fully saturated rings. The van der Waals surface area contributed by atoms with Crippen LogP contribution in [0.1, 0.15) is 8.44 Å². The standard InChI is InChI=1S/C17H11N2O.C11H8N.Ir/c1-11-8-9-13-12-5-4-6-14(15-7-2-3-10-18-15)16(12)20-17(13)19-11;1-2-6-10(7-3-1)11-8-4-5-9-12-11;/h2-5,7-10H,1H3;1-6,8-9H;/q2*-1;/i1D2;;. The summed E-state index contributed by atoms with van der Waals surface area (Å²) in [6.45, 7) is -1.13. The van der Waals surface area contributed by atoms with Gasteiger partial charge in [-0.1, -0.05) is 35.2 Å². The van der Waals surface area contributed by atoms with E-state index in [1.54, 1.807) is 18.5 Å². The third kappa shape index (κ3) is 4.90. The molecule has 6 rings (SSSR count). The van der Waals surface area contributed by atoms with Crippen molar-refractivity contribution < 1.29 is 27.3 Å². The van der Waals surface area contributed by atoms with Crippen LogP contribution in [-0.4, -0.2) is 15.0 Å². The second-order valence-electron chi connectivity index (χ2n) is 6.99. The summed E-state index contributed by atoms with van der Waals surface area (Å²) < 4.78 is 20.8. The van der Waals surface area contributed by atoms with Crippen molar-refractivity contribution in [2.45, 2.75) is 6.88 Å². The van der Waals surface area contributed by atoms with Crippen LogP contribution in [0.15, 0.2) is 102 Å². The molecule has 33 heavy (non-hydrogen) atoms. The van der Waals surface area contributed by atoms with Crippen LogP contribution in [0.3, 0.4) is 0 Å². The maximum atomic E-state index is 7.45. The normalized spacial score (nSPS) is 11.3. The number of furan rings is 1. The fourth-order valence-corrected chi connectivity index (χ4v) is 3.41. The number of rotatable bonds is 2. The van der Waals surface area contributed by atoms with Gasteiger partial charge in [0.15, 0.2) is 0 Å². The van der Waals surface area contributed by atoms with Gasteiger partial charge in [0.25, 0.3) is 0 Å². The predicted molar refractivity (Wildman–Crippen MR) is 127 cm³/mol. The van der Waals surface area contributed by atoms with Gasteiger partial charge in [0.2, 0.25) is 5.71 Å². The third-order valence-electron chi connectivity index (χ3n) is 4.89. The van der Waals surface area contributed by atoms with Gasteiger partial charge in [-0.25, -0.2) is 4.98 Å². The average molecular weight is 608 g/mol. The van der Waals surface area contributed by atoms with Gasteiger partial charge in [-0.2, -0.15) is 0 Å².